The van der Waals surface area contributed by atoms with E-state index in [1.165, 1.54) is 12.1 Å². The van der Waals surface area contributed by atoms with Crippen LogP contribution in [-0.2, 0) is 10.9 Å². The first-order chi connectivity index (χ1) is 13.9. The Morgan fingerprint density at radius 1 is 0.828 bits per heavy atom. The lowest BCUT2D eigenvalue weighted by Gasteiger charge is -2.20. The number of halogens is 3. The van der Waals surface area contributed by atoms with Gasteiger partial charge < -0.3 is 9.30 Å². The summed E-state index contributed by atoms with van der Waals surface area (Å²) in [7, 11) is 0. The normalized spacial score (nSPS) is 16.1. The van der Waals surface area contributed by atoms with Crippen LogP contribution in [0.3, 0.4) is 0 Å². The van der Waals surface area contributed by atoms with Crippen LogP contribution in [0.25, 0.3) is 22.2 Å². The van der Waals surface area contributed by atoms with Crippen LogP contribution in [0.1, 0.15) is 27.7 Å². The number of ether oxygens (including phenoxy) is 1. The van der Waals surface area contributed by atoms with Crippen molar-refractivity contribution in [1.29, 1.82) is 0 Å². The first-order valence-electron chi connectivity index (χ1n) is 9.01. The van der Waals surface area contributed by atoms with E-state index in [0.717, 1.165) is 11.5 Å². The fourth-order valence-corrected chi connectivity index (χ4v) is 3.91. The molecule has 0 spiro atoms. The van der Waals surface area contributed by atoms with Crippen LogP contribution in [0, 0.1) is 0 Å². The van der Waals surface area contributed by atoms with Crippen molar-refractivity contribution in [2.24, 2.45) is 0 Å². The Bertz CT molecular complexity index is 1260. The molecule has 1 aromatic heterocycles. The van der Waals surface area contributed by atoms with Crippen LogP contribution < -0.4 is 0 Å². The average molecular weight is 393 g/mol. The van der Waals surface area contributed by atoms with Gasteiger partial charge in [-0.3, -0.25) is 0 Å². The largest absolute Gasteiger partial charge is 0.433 e. The van der Waals surface area contributed by atoms with Crippen LogP contribution in [0.2, 0.25) is 0 Å². The molecule has 0 saturated heterocycles. The lowest BCUT2D eigenvalue weighted by atomic mass is 10.0. The number of cyclic esters (lactones) is 1. The van der Waals surface area contributed by atoms with Gasteiger partial charge in [0, 0.05) is 16.5 Å². The summed E-state index contributed by atoms with van der Waals surface area (Å²) in [5.41, 5.74) is 1.39. The maximum Gasteiger partial charge on any atom is 0.417 e. The van der Waals surface area contributed by atoms with E-state index in [-0.39, 0.29) is 5.56 Å². The number of para-hydroxylation sites is 1. The van der Waals surface area contributed by atoms with Crippen molar-refractivity contribution in [3.63, 3.8) is 0 Å². The van der Waals surface area contributed by atoms with E-state index >= 15 is 0 Å². The molecule has 1 aliphatic rings. The minimum atomic E-state index is -4.51. The number of carbonyl (C=O) groups is 1. The van der Waals surface area contributed by atoms with Gasteiger partial charge in [-0.15, -0.1) is 0 Å². The van der Waals surface area contributed by atoms with Crippen molar-refractivity contribution in [2.45, 2.75) is 12.4 Å². The first kappa shape index (κ1) is 17.6. The van der Waals surface area contributed by atoms with Gasteiger partial charge in [0.05, 0.1) is 22.3 Å². The Kier molecular flexibility index (Phi) is 3.77. The van der Waals surface area contributed by atoms with Gasteiger partial charge in [0.25, 0.3) is 0 Å². The summed E-state index contributed by atoms with van der Waals surface area (Å²) in [5, 5.41) is 0.764. The smallest absolute Gasteiger partial charge is 0.417 e. The zero-order chi connectivity index (χ0) is 20.2. The molecule has 6 heteroatoms. The Morgan fingerprint density at radius 2 is 1.48 bits per heavy atom. The highest BCUT2D eigenvalue weighted by atomic mass is 19.4. The molecule has 1 unspecified atom stereocenters. The lowest BCUT2D eigenvalue weighted by Crippen LogP contribution is -2.14. The number of nitrogens with zero attached hydrogens (tertiary/aromatic N) is 1. The zero-order valence-electron chi connectivity index (χ0n) is 15.0. The van der Waals surface area contributed by atoms with E-state index in [2.05, 4.69) is 0 Å². The van der Waals surface area contributed by atoms with E-state index in [9.17, 15) is 18.0 Å². The predicted molar refractivity (Wildman–Crippen MR) is 102 cm³/mol. The van der Waals surface area contributed by atoms with Gasteiger partial charge in [0.1, 0.15) is 0 Å². The number of carbonyl (C=O) groups excluding carboxylic acids is 1. The highest BCUT2D eigenvalue weighted by Gasteiger charge is 2.37. The monoisotopic (exact) mass is 393 g/mol. The quantitative estimate of drug-likeness (QED) is 0.389. The van der Waals surface area contributed by atoms with Crippen LogP contribution in [0.15, 0.2) is 78.9 Å². The highest BCUT2D eigenvalue weighted by molar-refractivity contribution is 5.95. The number of fused-ring (bicyclic) bond motifs is 2. The number of alkyl halides is 3. The molecule has 144 valence electrons. The molecule has 1 atom stereocenters. The van der Waals surface area contributed by atoms with E-state index in [4.69, 9.17) is 4.74 Å². The first-order valence-corrected chi connectivity index (χ1v) is 9.01. The molecule has 0 bridgehead atoms. The van der Waals surface area contributed by atoms with Gasteiger partial charge in [-0.2, -0.15) is 13.2 Å². The second-order valence-electron chi connectivity index (χ2n) is 6.85. The van der Waals surface area contributed by atoms with Crippen molar-refractivity contribution in [3.05, 3.63) is 95.6 Å². The van der Waals surface area contributed by atoms with Gasteiger partial charge in [-0.25, -0.2) is 4.79 Å². The van der Waals surface area contributed by atoms with Gasteiger partial charge in [-0.05, 0) is 24.3 Å². The Morgan fingerprint density at radius 3 is 2.28 bits per heavy atom. The number of benzene rings is 3. The second-order valence-corrected chi connectivity index (χ2v) is 6.85. The third kappa shape index (κ3) is 2.71. The van der Waals surface area contributed by atoms with Crippen LogP contribution in [0.4, 0.5) is 13.2 Å². The topological polar surface area (TPSA) is 31.2 Å². The number of rotatable bonds is 2. The Hall–Kier alpha value is -3.54. The Labute approximate surface area is 164 Å². The zero-order valence-corrected chi connectivity index (χ0v) is 15.0. The maximum absolute atomic E-state index is 13.7. The van der Waals surface area contributed by atoms with Crippen molar-refractivity contribution in [2.75, 3.05) is 0 Å². The molecular weight excluding hydrogens is 379 g/mol. The number of aromatic nitrogens is 1. The molecular formula is C23H14F3NO2. The minimum absolute atomic E-state index is 0.0385. The molecule has 0 radical (unpaired) electrons. The van der Waals surface area contributed by atoms with E-state index < -0.39 is 23.9 Å². The maximum atomic E-state index is 13.7. The number of hydrogen-bond donors (Lipinski definition) is 0. The molecule has 29 heavy (non-hydrogen) atoms. The van der Waals surface area contributed by atoms with Crippen molar-refractivity contribution >= 4 is 16.9 Å². The standard InChI is InChI=1S/C23H14F3NO2/c24-23(25,26)18-11-5-4-10-17(18)20-13-14-7-1-6-12-19(14)27(20)21-15-8-2-3-9-16(15)22(28)29-21/h1-13,21H. The lowest BCUT2D eigenvalue weighted by molar-refractivity contribution is -0.137. The molecule has 3 nitrogen and oxygen atoms in total. The summed E-state index contributed by atoms with van der Waals surface area (Å²) in [4.78, 5) is 12.4. The summed E-state index contributed by atoms with van der Waals surface area (Å²) >= 11 is 0. The van der Waals surface area contributed by atoms with Crippen LogP contribution in [0.5, 0.6) is 0 Å². The molecule has 4 aromatic rings. The Balaban J connectivity index is 1.82. The van der Waals surface area contributed by atoms with E-state index in [0.29, 0.717) is 22.3 Å². The van der Waals surface area contributed by atoms with Crippen LogP contribution in [-0.4, -0.2) is 10.5 Å². The van der Waals surface area contributed by atoms with Gasteiger partial charge in [0.2, 0.25) is 6.23 Å². The summed E-state index contributed by atoms with van der Waals surface area (Å²) < 4.78 is 48.4. The van der Waals surface area contributed by atoms with Crippen molar-refractivity contribution < 1.29 is 22.7 Å². The second kappa shape index (κ2) is 6.24. The summed E-state index contributed by atoms with van der Waals surface area (Å²) in [6, 6.07) is 21.3. The summed E-state index contributed by atoms with van der Waals surface area (Å²) in [6.45, 7) is 0. The van der Waals surface area contributed by atoms with Crippen molar-refractivity contribution in [1.82, 2.24) is 4.57 Å². The molecule has 0 fully saturated rings. The third-order valence-electron chi connectivity index (χ3n) is 5.16. The highest BCUT2D eigenvalue weighted by Crippen LogP contribution is 2.43. The molecule has 5 rings (SSSR count). The van der Waals surface area contributed by atoms with E-state index in [1.54, 1.807) is 47.0 Å². The predicted octanol–water partition coefficient (Wildman–Crippen LogP) is 6.04. The fourth-order valence-electron chi connectivity index (χ4n) is 3.91. The van der Waals surface area contributed by atoms with E-state index in [1.807, 2.05) is 18.2 Å². The van der Waals surface area contributed by atoms with Gasteiger partial charge in [-0.1, -0.05) is 54.6 Å². The number of hydrogen-bond acceptors (Lipinski definition) is 2. The molecule has 3 aromatic carbocycles. The molecule has 0 saturated carbocycles. The fraction of sp³-hybridized carbons (Fsp3) is 0.0870. The molecule has 0 N–H and O–H groups in total. The summed E-state index contributed by atoms with van der Waals surface area (Å²) in [5.74, 6) is -0.488. The molecule has 2 heterocycles. The SMILES string of the molecule is O=C1OC(n2c(-c3ccccc3C(F)(F)F)cc3ccccc32)c2ccccc21. The van der Waals surface area contributed by atoms with Gasteiger partial charge >= 0.3 is 12.1 Å². The number of esters is 1. The third-order valence-corrected chi connectivity index (χ3v) is 5.16. The summed E-state index contributed by atoms with van der Waals surface area (Å²) in [6.07, 6.45) is -5.35. The molecule has 0 amide bonds. The minimum Gasteiger partial charge on any atom is -0.433 e. The molecule has 1 aliphatic heterocycles. The van der Waals surface area contributed by atoms with Gasteiger partial charge in [0.15, 0.2) is 0 Å². The van der Waals surface area contributed by atoms with Crippen molar-refractivity contribution in [3.8, 4) is 11.3 Å². The van der Waals surface area contributed by atoms with Crippen LogP contribution >= 0.6 is 0 Å². The molecule has 0 aliphatic carbocycles. The average Bonchev–Trinajstić information content (AvgIpc) is 3.25.